The maximum absolute atomic E-state index is 12.9. The monoisotopic (exact) mass is 395 g/mol. The molecule has 28 heavy (non-hydrogen) atoms. The summed E-state index contributed by atoms with van der Waals surface area (Å²) in [6, 6.07) is 2.48. The first kappa shape index (κ1) is 23.6. The van der Waals surface area contributed by atoms with Crippen molar-refractivity contribution >= 4 is 11.9 Å². The number of ether oxygens (including phenoxy) is 4. The summed E-state index contributed by atoms with van der Waals surface area (Å²) in [6.07, 6.45) is 0.484. The highest BCUT2D eigenvalue weighted by Crippen LogP contribution is 2.39. The van der Waals surface area contributed by atoms with Crippen LogP contribution in [0.2, 0.25) is 0 Å². The second kappa shape index (κ2) is 12.1. The van der Waals surface area contributed by atoms with Crippen molar-refractivity contribution in [2.24, 2.45) is 5.92 Å². The second-order valence-corrected chi connectivity index (χ2v) is 6.51. The lowest BCUT2D eigenvalue weighted by molar-refractivity contribution is -0.145. The van der Waals surface area contributed by atoms with Gasteiger partial charge < -0.3 is 24.3 Å². The number of carbonyl (C=O) groups excluding carboxylic acids is 2. The normalized spacial score (nSPS) is 11.7. The number of amides is 1. The number of esters is 1. The minimum absolute atomic E-state index is 0.216. The first-order valence-electron chi connectivity index (χ1n) is 9.91. The van der Waals surface area contributed by atoms with E-state index in [4.69, 9.17) is 18.9 Å². The molecule has 0 radical (unpaired) electrons. The van der Waals surface area contributed by atoms with E-state index in [-0.39, 0.29) is 12.5 Å². The van der Waals surface area contributed by atoms with Gasteiger partial charge in [-0.05, 0) is 52.2 Å². The molecule has 0 aromatic heterocycles. The topological polar surface area (TPSA) is 83.1 Å². The van der Waals surface area contributed by atoms with Gasteiger partial charge in [0.25, 0.3) is 5.91 Å². The van der Waals surface area contributed by atoms with Gasteiger partial charge in [0, 0.05) is 5.56 Å². The van der Waals surface area contributed by atoms with Gasteiger partial charge in [0.05, 0.1) is 26.4 Å². The Balaban J connectivity index is 3.20. The fourth-order valence-corrected chi connectivity index (χ4v) is 2.69. The lowest BCUT2D eigenvalue weighted by Gasteiger charge is -2.20. The maximum atomic E-state index is 12.9. The predicted octanol–water partition coefficient (Wildman–Crippen LogP) is 3.59. The molecule has 1 aromatic carbocycles. The SMILES string of the molecule is CCOC(=O)[C@H](CC(C)C)NC(=O)c1cc(OCC)c(OCC)c(OCC)c1. The van der Waals surface area contributed by atoms with Gasteiger partial charge >= 0.3 is 5.97 Å². The molecule has 7 heteroatoms. The number of rotatable bonds is 12. The Morgan fingerprint density at radius 2 is 1.43 bits per heavy atom. The maximum Gasteiger partial charge on any atom is 0.328 e. The zero-order valence-electron chi connectivity index (χ0n) is 17.8. The van der Waals surface area contributed by atoms with E-state index in [1.165, 1.54) is 0 Å². The van der Waals surface area contributed by atoms with Crippen molar-refractivity contribution in [3.8, 4) is 17.2 Å². The molecular weight excluding hydrogens is 362 g/mol. The zero-order valence-corrected chi connectivity index (χ0v) is 17.8. The molecule has 0 saturated heterocycles. The van der Waals surface area contributed by atoms with E-state index in [1.54, 1.807) is 19.1 Å². The van der Waals surface area contributed by atoms with Crippen LogP contribution in [0.15, 0.2) is 12.1 Å². The van der Waals surface area contributed by atoms with Crippen molar-refractivity contribution < 1.29 is 28.5 Å². The molecule has 0 spiro atoms. The van der Waals surface area contributed by atoms with Gasteiger partial charge in [-0.25, -0.2) is 4.79 Å². The third kappa shape index (κ3) is 6.94. The number of hydrogen-bond acceptors (Lipinski definition) is 6. The van der Waals surface area contributed by atoms with Crippen LogP contribution in [0.5, 0.6) is 17.2 Å². The summed E-state index contributed by atoms with van der Waals surface area (Å²) in [4.78, 5) is 25.1. The van der Waals surface area contributed by atoms with E-state index in [0.29, 0.717) is 49.1 Å². The van der Waals surface area contributed by atoms with Crippen LogP contribution in [0.25, 0.3) is 0 Å². The largest absolute Gasteiger partial charge is 0.490 e. The lowest BCUT2D eigenvalue weighted by Crippen LogP contribution is -2.42. The molecule has 0 fully saturated rings. The fraction of sp³-hybridized carbons (Fsp3) is 0.619. The van der Waals surface area contributed by atoms with E-state index in [0.717, 1.165) is 0 Å². The molecule has 0 bridgehead atoms. The van der Waals surface area contributed by atoms with Crippen LogP contribution < -0.4 is 19.5 Å². The molecule has 1 amide bonds. The van der Waals surface area contributed by atoms with E-state index in [9.17, 15) is 9.59 Å². The lowest BCUT2D eigenvalue weighted by atomic mass is 10.0. The zero-order chi connectivity index (χ0) is 21.1. The van der Waals surface area contributed by atoms with Crippen LogP contribution in [0.3, 0.4) is 0 Å². The van der Waals surface area contributed by atoms with Crippen molar-refractivity contribution in [2.45, 2.75) is 54.0 Å². The van der Waals surface area contributed by atoms with E-state index in [1.807, 2.05) is 34.6 Å². The Kier molecular flexibility index (Phi) is 10.2. The molecule has 1 rings (SSSR count). The van der Waals surface area contributed by atoms with E-state index >= 15 is 0 Å². The number of nitrogens with one attached hydrogen (secondary N) is 1. The minimum atomic E-state index is -0.717. The summed E-state index contributed by atoms with van der Waals surface area (Å²) >= 11 is 0. The average molecular weight is 395 g/mol. The van der Waals surface area contributed by atoms with Crippen LogP contribution in [0, 0.1) is 5.92 Å². The summed E-state index contributed by atoms with van der Waals surface area (Å²) in [5.74, 6) is 0.697. The van der Waals surface area contributed by atoms with Crippen molar-refractivity contribution in [1.29, 1.82) is 0 Å². The van der Waals surface area contributed by atoms with Crippen LogP contribution in [-0.4, -0.2) is 44.3 Å². The summed E-state index contributed by atoms with van der Waals surface area (Å²) in [6.45, 7) is 12.8. The standard InChI is InChI=1S/C21H33NO6/c1-7-25-17-12-15(13-18(26-8-2)19(17)27-9-3)20(23)22-16(11-14(5)6)21(24)28-10-4/h12-14,16H,7-11H2,1-6H3,(H,22,23)/t16-/m0/s1. The van der Waals surface area contributed by atoms with Crippen molar-refractivity contribution in [1.82, 2.24) is 5.32 Å². The van der Waals surface area contributed by atoms with E-state index < -0.39 is 17.9 Å². The van der Waals surface area contributed by atoms with Gasteiger partial charge in [0.1, 0.15) is 6.04 Å². The Morgan fingerprint density at radius 1 is 0.893 bits per heavy atom. The first-order chi connectivity index (χ1) is 13.4. The third-order valence-electron chi connectivity index (χ3n) is 3.75. The minimum Gasteiger partial charge on any atom is -0.490 e. The van der Waals surface area contributed by atoms with Crippen LogP contribution >= 0.6 is 0 Å². The predicted molar refractivity (Wildman–Crippen MR) is 107 cm³/mol. The molecule has 1 atom stereocenters. The molecule has 7 nitrogen and oxygen atoms in total. The molecule has 1 aromatic rings. The summed E-state index contributed by atoms with van der Waals surface area (Å²) in [5, 5.41) is 2.77. The quantitative estimate of drug-likeness (QED) is 0.545. The molecule has 158 valence electrons. The van der Waals surface area contributed by atoms with Crippen LogP contribution in [0.1, 0.15) is 58.3 Å². The van der Waals surface area contributed by atoms with Crippen molar-refractivity contribution in [3.63, 3.8) is 0 Å². The number of hydrogen-bond donors (Lipinski definition) is 1. The van der Waals surface area contributed by atoms with Gasteiger partial charge in [0.15, 0.2) is 11.5 Å². The van der Waals surface area contributed by atoms with Gasteiger partial charge in [-0.2, -0.15) is 0 Å². The highest BCUT2D eigenvalue weighted by atomic mass is 16.5. The number of benzene rings is 1. The first-order valence-corrected chi connectivity index (χ1v) is 9.91. The van der Waals surface area contributed by atoms with Gasteiger partial charge in [0.2, 0.25) is 5.75 Å². The summed E-state index contributed by atoms with van der Waals surface area (Å²) in [7, 11) is 0. The van der Waals surface area contributed by atoms with Crippen molar-refractivity contribution in [3.05, 3.63) is 17.7 Å². The van der Waals surface area contributed by atoms with Crippen LogP contribution in [-0.2, 0) is 9.53 Å². The Morgan fingerprint density at radius 3 is 1.86 bits per heavy atom. The highest BCUT2D eigenvalue weighted by Gasteiger charge is 2.25. The smallest absolute Gasteiger partial charge is 0.328 e. The van der Waals surface area contributed by atoms with Gasteiger partial charge in [-0.3, -0.25) is 4.79 Å². The van der Waals surface area contributed by atoms with Gasteiger partial charge in [-0.1, -0.05) is 13.8 Å². The molecular formula is C21H33NO6. The van der Waals surface area contributed by atoms with Crippen LogP contribution in [0.4, 0.5) is 0 Å². The molecule has 0 aliphatic rings. The Hall–Kier alpha value is -2.44. The number of carbonyl (C=O) groups is 2. The fourth-order valence-electron chi connectivity index (χ4n) is 2.69. The van der Waals surface area contributed by atoms with Gasteiger partial charge in [-0.15, -0.1) is 0 Å². The molecule has 0 aliphatic carbocycles. The van der Waals surface area contributed by atoms with Crippen molar-refractivity contribution in [2.75, 3.05) is 26.4 Å². The molecule has 0 heterocycles. The second-order valence-electron chi connectivity index (χ2n) is 6.51. The highest BCUT2D eigenvalue weighted by molar-refractivity contribution is 5.98. The van der Waals surface area contributed by atoms with E-state index in [2.05, 4.69) is 5.32 Å². The third-order valence-corrected chi connectivity index (χ3v) is 3.75. The molecule has 1 N–H and O–H groups in total. The molecule has 0 unspecified atom stereocenters. The Bertz CT molecular complexity index is 617. The summed E-state index contributed by atoms with van der Waals surface area (Å²) in [5.41, 5.74) is 0.327. The Labute approximate surface area is 167 Å². The average Bonchev–Trinajstić information content (AvgIpc) is 2.63. The molecule has 0 saturated carbocycles. The summed E-state index contributed by atoms with van der Waals surface area (Å²) < 4.78 is 22.0. The molecule has 0 aliphatic heterocycles.